The number of alkyl halides is 3. The Labute approximate surface area is 97.6 Å². The van der Waals surface area contributed by atoms with Crippen LogP contribution in [0.25, 0.3) is 0 Å². The molecule has 8 heteroatoms. The lowest BCUT2D eigenvalue weighted by Gasteiger charge is -2.08. The molecule has 0 aromatic heterocycles. The van der Waals surface area contributed by atoms with Gasteiger partial charge in [0.1, 0.15) is 6.61 Å². The van der Waals surface area contributed by atoms with E-state index >= 15 is 0 Å². The molecule has 1 amide bonds. The molecule has 0 heterocycles. The summed E-state index contributed by atoms with van der Waals surface area (Å²) in [4.78, 5) is 11.1. The maximum atomic E-state index is 11.6. The molecule has 0 atom stereocenters. The molecule has 5 nitrogen and oxygen atoms in total. The van der Waals surface area contributed by atoms with Crippen molar-refractivity contribution in [1.29, 1.82) is 0 Å². The molecule has 17 heavy (non-hydrogen) atoms. The van der Waals surface area contributed by atoms with Crippen LogP contribution in [0.5, 0.6) is 0 Å². The van der Waals surface area contributed by atoms with Gasteiger partial charge >= 0.3 is 6.18 Å². The van der Waals surface area contributed by atoms with Crippen LogP contribution in [0.1, 0.15) is 0 Å². The van der Waals surface area contributed by atoms with Crippen LogP contribution < -0.4 is 10.6 Å². The van der Waals surface area contributed by atoms with Gasteiger partial charge in [0.25, 0.3) is 0 Å². The fraction of sp³-hybridized carbons (Fsp3) is 0.889. The Morgan fingerprint density at radius 2 is 1.94 bits per heavy atom. The van der Waals surface area contributed by atoms with Crippen molar-refractivity contribution >= 4 is 5.91 Å². The lowest BCUT2D eigenvalue weighted by Crippen LogP contribution is -2.36. The molecule has 0 aliphatic heterocycles. The predicted octanol–water partition coefficient (Wildman–Crippen LogP) is -0.0825. The van der Waals surface area contributed by atoms with Crippen LogP contribution in [-0.4, -0.2) is 58.6 Å². The van der Waals surface area contributed by atoms with Crippen molar-refractivity contribution < 1.29 is 27.4 Å². The summed E-state index contributed by atoms with van der Waals surface area (Å²) in [6.07, 6.45) is -4.31. The van der Waals surface area contributed by atoms with E-state index in [4.69, 9.17) is 4.74 Å². The van der Waals surface area contributed by atoms with Crippen LogP contribution in [0.15, 0.2) is 0 Å². The molecule has 0 aromatic rings. The lowest BCUT2D eigenvalue weighted by atomic mass is 10.5. The molecular weight excluding hydrogens is 241 g/mol. The van der Waals surface area contributed by atoms with Gasteiger partial charge in [-0.3, -0.25) is 4.79 Å². The van der Waals surface area contributed by atoms with Crippen molar-refractivity contribution in [2.45, 2.75) is 6.18 Å². The monoisotopic (exact) mass is 258 g/mol. The second kappa shape index (κ2) is 9.20. The van der Waals surface area contributed by atoms with E-state index < -0.39 is 12.8 Å². The summed E-state index contributed by atoms with van der Waals surface area (Å²) in [7, 11) is 1.52. The number of halogens is 3. The quantitative estimate of drug-likeness (QED) is 0.568. The first kappa shape index (κ1) is 16.1. The second-order valence-corrected chi connectivity index (χ2v) is 3.19. The van der Waals surface area contributed by atoms with Crippen LogP contribution in [0, 0.1) is 0 Å². The van der Waals surface area contributed by atoms with Gasteiger partial charge in [-0.25, -0.2) is 0 Å². The number of hydrogen-bond donors (Lipinski definition) is 2. The molecule has 0 radical (unpaired) electrons. The first-order valence-corrected chi connectivity index (χ1v) is 5.06. The van der Waals surface area contributed by atoms with Crippen molar-refractivity contribution in [3.05, 3.63) is 0 Å². The number of carbonyl (C=O) groups excluding carboxylic acids is 1. The zero-order chi connectivity index (χ0) is 13.1. The number of nitrogens with one attached hydrogen (secondary N) is 2. The molecule has 102 valence electrons. The highest BCUT2D eigenvalue weighted by Crippen LogP contribution is 2.13. The lowest BCUT2D eigenvalue weighted by molar-refractivity contribution is -0.173. The predicted molar refractivity (Wildman–Crippen MR) is 54.6 cm³/mol. The molecule has 0 aromatic carbocycles. The summed E-state index contributed by atoms with van der Waals surface area (Å²) >= 11 is 0. The molecule has 0 rings (SSSR count). The van der Waals surface area contributed by atoms with Gasteiger partial charge in [0.15, 0.2) is 0 Å². The van der Waals surface area contributed by atoms with Gasteiger partial charge in [-0.15, -0.1) is 0 Å². The SMILES string of the molecule is COCCNC(=O)CNCCOCC(F)(F)F. The fourth-order valence-electron chi connectivity index (χ4n) is 0.889. The minimum Gasteiger partial charge on any atom is -0.383 e. The highest BCUT2D eigenvalue weighted by molar-refractivity contribution is 5.77. The number of methoxy groups -OCH3 is 1. The summed E-state index contributed by atoms with van der Waals surface area (Å²) in [5.74, 6) is -0.238. The second-order valence-electron chi connectivity index (χ2n) is 3.19. The van der Waals surface area contributed by atoms with Crippen LogP contribution in [-0.2, 0) is 14.3 Å². The van der Waals surface area contributed by atoms with E-state index in [1.54, 1.807) is 0 Å². The average Bonchev–Trinajstić information content (AvgIpc) is 2.22. The zero-order valence-electron chi connectivity index (χ0n) is 9.60. The minimum absolute atomic E-state index is 0.0408. The zero-order valence-corrected chi connectivity index (χ0v) is 9.60. The summed E-state index contributed by atoms with van der Waals surface area (Å²) in [6.45, 7) is -0.311. The third-order valence-corrected chi connectivity index (χ3v) is 1.60. The van der Waals surface area contributed by atoms with E-state index in [1.807, 2.05) is 0 Å². The van der Waals surface area contributed by atoms with E-state index in [9.17, 15) is 18.0 Å². The Hall–Kier alpha value is -0.860. The molecule has 2 N–H and O–H groups in total. The molecule has 0 saturated heterocycles. The summed E-state index contributed by atoms with van der Waals surface area (Å²) in [5.41, 5.74) is 0. The van der Waals surface area contributed by atoms with Gasteiger partial charge in [0.2, 0.25) is 5.91 Å². The highest BCUT2D eigenvalue weighted by Gasteiger charge is 2.27. The normalized spacial score (nSPS) is 11.5. The van der Waals surface area contributed by atoms with Crippen LogP contribution in [0.4, 0.5) is 13.2 Å². The maximum Gasteiger partial charge on any atom is 0.411 e. The van der Waals surface area contributed by atoms with Gasteiger partial charge in [0, 0.05) is 20.2 Å². The molecular formula is C9H17F3N2O3. The summed E-state index contributed by atoms with van der Waals surface area (Å²) in [6, 6.07) is 0. The number of amides is 1. The Morgan fingerprint density at radius 1 is 1.24 bits per heavy atom. The van der Waals surface area contributed by atoms with Gasteiger partial charge < -0.3 is 20.1 Å². The van der Waals surface area contributed by atoms with Crippen molar-refractivity contribution in [3.63, 3.8) is 0 Å². The fourth-order valence-corrected chi connectivity index (χ4v) is 0.889. The average molecular weight is 258 g/mol. The van der Waals surface area contributed by atoms with Crippen molar-refractivity contribution in [2.24, 2.45) is 0 Å². The van der Waals surface area contributed by atoms with Gasteiger partial charge in [-0.05, 0) is 0 Å². The maximum absolute atomic E-state index is 11.6. The Morgan fingerprint density at radius 3 is 2.53 bits per heavy atom. The Kier molecular flexibility index (Phi) is 8.73. The van der Waals surface area contributed by atoms with Gasteiger partial charge in [0.05, 0.1) is 19.8 Å². The van der Waals surface area contributed by atoms with Crippen molar-refractivity contribution in [1.82, 2.24) is 10.6 Å². The third kappa shape index (κ3) is 13.1. The summed E-state index contributed by atoms with van der Waals surface area (Å²) < 4.78 is 44.0. The number of hydrogen-bond acceptors (Lipinski definition) is 4. The number of rotatable bonds is 9. The molecule has 0 aliphatic rings. The largest absolute Gasteiger partial charge is 0.411 e. The van der Waals surface area contributed by atoms with Crippen molar-refractivity contribution in [2.75, 3.05) is 46.6 Å². The van der Waals surface area contributed by atoms with E-state index in [2.05, 4.69) is 15.4 Å². The van der Waals surface area contributed by atoms with E-state index in [0.29, 0.717) is 13.2 Å². The first-order valence-electron chi connectivity index (χ1n) is 5.06. The number of carbonyl (C=O) groups is 1. The van der Waals surface area contributed by atoms with E-state index in [0.717, 1.165) is 0 Å². The molecule has 0 aliphatic carbocycles. The standard InChI is InChI=1S/C9H17F3N2O3/c1-16-4-3-14-8(15)6-13-2-5-17-7-9(10,11)12/h13H,2-7H2,1H3,(H,14,15). The topological polar surface area (TPSA) is 59.6 Å². The molecule has 0 saturated carbocycles. The van der Waals surface area contributed by atoms with Crippen LogP contribution in [0.3, 0.4) is 0 Å². The van der Waals surface area contributed by atoms with E-state index in [1.165, 1.54) is 7.11 Å². The Balaban J connectivity index is 3.25. The minimum atomic E-state index is -4.31. The molecule has 0 fully saturated rings. The third-order valence-electron chi connectivity index (χ3n) is 1.60. The van der Waals surface area contributed by atoms with Gasteiger partial charge in [-0.2, -0.15) is 13.2 Å². The van der Waals surface area contributed by atoms with Crippen LogP contribution >= 0.6 is 0 Å². The molecule has 0 bridgehead atoms. The highest BCUT2D eigenvalue weighted by atomic mass is 19.4. The molecule has 0 unspecified atom stereocenters. The first-order chi connectivity index (χ1) is 7.95. The Bertz CT molecular complexity index is 212. The van der Waals surface area contributed by atoms with Crippen molar-refractivity contribution in [3.8, 4) is 0 Å². The van der Waals surface area contributed by atoms with Crippen LogP contribution in [0.2, 0.25) is 0 Å². The van der Waals surface area contributed by atoms with Gasteiger partial charge in [-0.1, -0.05) is 0 Å². The molecule has 0 spiro atoms. The summed E-state index contributed by atoms with van der Waals surface area (Å²) in [5, 5.41) is 5.20. The van der Waals surface area contributed by atoms with E-state index in [-0.39, 0.29) is 25.6 Å². The number of ether oxygens (including phenoxy) is 2. The smallest absolute Gasteiger partial charge is 0.383 e.